The molecule has 8 heteroatoms. The second kappa shape index (κ2) is 8.42. The highest BCUT2D eigenvalue weighted by Gasteiger charge is 2.25. The maximum atomic E-state index is 12.4. The lowest BCUT2D eigenvalue weighted by molar-refractivity contribution is -0.133. The minimum absolute atomic E-state index is 0.0297. The fraction of sp³-hybridized carbons (Fsp3) is 0.562. The van der Waals surface area contributed by atoms with Crippen LogP contribution in [0.15, 0.2) is 27.6 Å². The van der Waals surface area contributed by atoms with Crippen LogP contribution in [0.4, 0.5) is 0 Å². The minimum Gasteiger partial charge on any atom is -0.376 e. The largest absolute Gasteiger partial charge is 0.376 e. The Morgan fingerprint density at radius 1 is 1.46 bits per heavy atom. The molecule has 2 rings (SSSR count). The first-order chi connectivity index (χ1) is 11.3. The summed E-state index contributed by atoms with van der Waals surface area (Å²) >= 11 is 3.24. The molecule has 24 heavy (non-hydrogen) atoms. The van der Waals surface area contributed by atoms with Crippen molar-refractivity contribution in [2.45, 2.75) is 50.2 Å². The standard InChI is InChI=1S/C16H22BrNO5S/c1-11-6-7-13(17)9-15(11)24(20,21)18-16(19)12(2)23-10-14-5-3-4-8-22-14/h6-7,9,12,14H,3-5,8,10H2,1-2H3,(H,18,19)/t12-,14-/m1/s1. The van der Waals surface area contributed by atoms with Crippen LogP contribution in [0.25, 0.3) is 0 Å². The number of amides is 1. The van der Waals surface area contributed by atoms with E-state index in [2.05, 4.69) is 20.7 Å². The number of sulfonamides is 1. The summed E-state index contributed by atoms with van der Waals surface area (Å²) in [5, 5.41) is 0. The highest BCUT2D eigenvalue weighted by atomic mass is 79.9. The molecule has 0 saturated carbocycles. The van der Waals surface area contributed by atoms with Crippen LogP contribution in [0, 0.1) is 6.92 Å². The number of hydrogen-bond donors (Lipinski definition) is 1. The molecule has 0 radical (unpaired) electrons. The molecule has 0 bridgehead atoms. The van der Waals surface area contributed by atoms with Crippen molar-refractivity contribution in [2.24, 2.45) is 0 Å². The molecule has 0 aromatic heterocycles. The molecule has 1 aromatic rings. The fourth-order valence-corrected chi connectivity index (χ4v) is 4.23. The lowest BCUT2D eigenvalue weighted by Gasteiger charge is -2.23. The summed E-state index contributed by atoms with van der Waals surface area (Å²) in [6.07, 6.45) is 2.10. The zero-order valence-electron chi connectivity index (χ0n) is 13.7. The average molecular weight is 420 g/mol. The normalized spacial score (nSPS) is 19.7. The van der Waals surface area contributed by atoms with Gasteiger partial charge in [-0.05, 0) is 50.8 Å². The molecule has 0 unspecified atom stereocenters. The van der Waals surface area contributed by atoms with Crippen LogP contribution >= 0.6 is 15.9 Å². The minimum atomic E-state index is -3.94. The summed E-state index contributed by atoms with van der Waals surface area (Å²) in [6, 6.07) is 4.88. The van der Waals surface area contributed by atoms with Crippen molar-refractivity contribution < 1.29 is 22.7 Å². The summed E-state index contributed by atoms with van der Waals surface area (Å²) in [4.78, 5) is 12.2. The first-order valence-corrected chi connectivity index (χ1v) is 10.1. The summed E-state index contributed by atoms with van der Waals surface area (Å²) in [5.74, 6) is -0.690. The molecule has 1 amide bonds. The highest BCUT2D eigenvalue weighted by molar-refractivity contribution is 9.10. The Kier molecular flexibility index (Phi) is 6.79. The Bertz CT molecular complexity index is 686. The molecule has 1 N–H and O–H groups in total. The number of ether oxygens (including phenoxy) is 2. The maximum Gasteiger partial charge on any atom is 0.264 e. The summed E-state index contributed by atoms with van der Waals surface area (Å²) in [6.45, 7) is 4.18. The van der Waals surface area contributed by atoms with Gasteiger partial charge in [0.1, 0.15) is 6.10 Å². The monoisotopic (exact) mass is 419 g/mol. The van der Waals surface area contributed by atoms with E-state index < -0.39 is 22.0 Å². The van der Waals surface area contributed by atoms with E-state index in [1.165, 1.54) is 13.0 Å². The molecule has 1 fully saturated rings. The number of benzene rings is 1. The summed E-state index contributed by atoms with van der Waals surface area (Å²) in [7, 11) is -3.94. The van der Waals surface area contributed by atoms with Crippen molar-refractivity contribution in [3.8, 4) is 0 Å². The van der Waals surface area contributed by atoms with Crippen LogP contribution in [0.3, 0.4) is 0 Å². The Balaban J connectivity index is 1.95. The van der Waals surface area contributed by atoms with Crippen LogP contribution in [0.1, 0.15) is 31.7 Å². The van der Waals surface area contributed by atoms with Crippen molar-refractivity contribution in [3.63, 3.8) is 0 Å². The van der Waals surface area contributed by atoms with E-state index in [0.717, 1.165) is 19.3 Å². The molecule has 6 nitrogen and oxygen atoms in total. The van der Waals surface area contributed by atoms with Crippen molar-refractivity contribution in [1.82, 2.24) is 4.72 Å². The predicted molar refractivity (Wildman–Crippen MR) is 93.2 cm³/mol. The fourth-order valence-electron chi connectivity index (χ4n) is 2.40. The summed E-state index contributed by atoms with van der Waals surface area (Å²) < 4.78 is 38.5. The van der Waals surface area contributed by atoms with Crippen molar-refractivity contribution in [2.75, 3.05) is 13.2 Å². The lowest BCUT2D eigenvalue weighted by Crippen LogP contribution is -2.40. The molecule has 1 saturated heterocycles. The van der Waals surface area contributed by atoms with E-state index >= 15 is 0 Å². The van der Waals surface area contributed by atoms with Gasteiger partial charge in [0.15, 0.2) is 0 Å². The van der Waals surface area contributed by atoms with Crippen molar-refractivity contribution in [3.05, 3.63) is 28.2 Å². The van der Waals surface area contributed by atoms with Gasteiger partial charge in [0.25, 0.3) is 15.9 Å². The van der Waals surface area contributed by atoms with Gasteiger partial charge in [0.05, 0.1) is 17.6 Å². The van der Waals surface area contributed by atoms with Crippen LogP contribution in [0.5, 0.6) is 0 Å². The zero-order chi connectivity index (χ0) is 17.7. The molecule has 2 atom stereocenters. The third kappa shape index (κ3) is 5.27. The van der Waals surface area contributed by atoms with Gasteiger partial charge >= 0.3 is 0 Å². The predicted octanol–water partition coefficient (Wildman–Crippen LogP) is 2.54. The van der Waals surface area contributed by atoms with Gasteiger partial charge in [-0.1, -0.05) is 22.0 Å². The first-order valence-electron chi connectivity index (χ1n) is 7.85. The average Bonchev–Trinajstić information content (AvgIpc) is 2.55. The Morgan fingerprint density at radius 3 is 2.88 bits per heavy atom. The van der Waals surface area contributed by atoms with E-state index in [9.17, 15) is 13.2 Å². The smallest absolute Gasteiger partial charge is 0.264 e. The molecule has 1 heterocycles. The Hall–Kier alpha value is -0.960. The molecule has 0 spiro atoms. The number of carbonyl (C=O) groups excluding carboxylic acids is 1. The van der Waals surface area contributed by atoms with Gasteiger partial charge in [0.2, 0.25) is 0 Å². The topological polar surface area (TPSA) is 81.7 Å². The third-order valence-corrected chi connectivity index (χ3v) is 5.83. The van der Waals surface area contributed by atoms with E-state index in [-0.39, 0.29) is 17.6 Å². The van der Waals surface area contributed by atoms with Crippen molar-refractivity contribution >= 4 is 31.9 Å². The van der Waals surface area contributed by atoms with Gasteiger partial charge in [0, 0.05) is 11.1 Å². The maximum absolute atomic E-state index is 12.4. The highest BCUT2D eigenvalue weighted by Crippen LogP contribution is 2.20. The van der Waals surface area contributed by atoms with Crippen LogP contribution in [0.2, 0.25) is 0 Å². The summed E-state index contributed by atoms with van der Waals surface area (Å²) in [5.41, 5.74) is 0.558. The van der Waals surface area contributed by atoms with Crippen LogP contribution in [-0.2, 0) is 24.3 Å². The molecular weight excluding hydrogens is 398 g/mol. The quantitative estimate of drug-likeness (QED) is 0.765. The van der Waals surface area contributed by atoms with Crippen molar-refractivity contribution in [1.29, 1.82) is 0 Å². The lowest BCUT2D eigenvalue weighted by atomic mass is 10.1. The number of halogens is 1. The second-order valence-electron chi connectivity index (χ2n) is 5.84. The SMILES string of the molecule is Cc1ccc(Br)cc1S(=O)(=O)NC(=O)[C@@H](C)OC[C@H]1CCCCO1. The molecular formula is C16H22BrNO5S. The first kappa shape index (κ1) is 19.4. The number of hydrogen-bond acceptors (Lipinski definition) is 5. The van der Waals surface area contributed by atoms with Gasteiger partial charge in [-0.3, -0.25) is 4.79 Å². The van der Waals surface area contributed by atoms with E-state index in [0.29, 0.717) is 16.6 Å². The number of aryl methyl sites for hydroxylation is 1. The van der Waals surface area contributed by atoms with Gasteiger partial charge in [-0.15, -0.1) is 0 Å². The molecule has 0 aliphatic carbocycles. The second-order valence-corrected chi connectivity index (χ2v) is 8.41. The molecule has 1 aromatic carbocycles. The molecule has 1 aliphatic rings. The van der Waals surface area contributed by atoms with E-state index in [4.69, 9.17) is 9.47 Å². The Labute approximate surface area is 151 Å². The van der Waals surface area contributed by atoms with Gasteiger partial charge < -0.3 is 9.47 Å². The molecule has 134 valence electrons. The number of nitrogens with one attached hydrogen (secondary N) is 1. The number of carbonyl (C=O) groups is 1. The molecule has 1 aliphatic heterocycles. The zero-order valence-corrected chi connectivity index (χ0v) is 16.2. The van der Waals surface area contributed by atoms with Gasteiger partial charge in [-0.2, -0.15) is 0 Å². The van der Waals surface area contributed by atoms with Crippen LogP contribution < -0.4 is 4.72 Å². The third-order valence-electron chi connectivity index (χ3n) is 3.85. The van der Waals surface area contributed by atoms with Crippen LogP contribution in [-0.4, -0.2) is 39.7 Å². The number of rotatable bonds is 6. The van der Waals surface area contributed by atoms with Gasteiger partial charge in [-0.25, -0.2) is 13.1 Å². The Morgan fingerprint density at radius 2 is 2.21 bits per heavy atom. The van der Waals surface area contributed by atoms with E-state index in [1.54, 1.807) is 19.1 Å². The van der Waals surface area contributed by atoms with E-state index in [1.807, 2.05) is 0 Å².